The number of carbonyl (C=O) groups excluding carboxylic acids is 1. The number of amides is 1. The number of carbonyl (C=O) groups is 2. The van der Waals surface area contributed by atoms with Crippen LogP contribution in [0.5, 0.6) is 0 Å². The first kappa shape index (κ1) is 21.3. The molecule has 2 aromatic rings. The molecule has 1 N–H and O–H groups in total. The van der Waals surface area contributed by atoms with Crippen molar-refractivity contribution in [1.82, 2.24) is 5.06 Å². The molecule has 5 nitrogen and oxygen atoms in total. The van der Waals surface area contributed by atoms with E-state index in [9.17, 15) is 9.59 Å². The van der Waals surface area contributed by atoms with Crippen LogP contribution >= 0.6 is 31.9 Å². The second-order valence-corrected chi connectivity index (χ2v) is 6.93. The first-order valence-corrected chi connectivity index (χ1v) is 8.83. The maximum absolute atomic E-state index is 11.6. The van der Waals surface area contributed by atoms with Crippen LogP contribution in [0.25, 0.3) is 0 Å². The summed E-state index contributed by atoms with van der Waals surface area (Å²) in [4.78, 5) is 26.9. The molecule has 0 saturated heterocycles. The van der Waals surface area contributed by atoms with Gasteiger partial charge in [-0.25, -0.2) is 9.86 Å². The first-order chi connectivity index (χ1) is 11.7. The van der Waals surface area contributed by atoms with Crippen LogP contribution in [0.4, 0.5) is 0 Å². The van der Waals surface area contributed by atoms with Gasteiger partial charge < -0.3 is 5.11 Å². The van der Waals surface area contributed by atoms with Crippen molar-refractivity contribution < 1.29 is 19.5 Å². The summed E-state index contributed by atoms with van der Waals surface area (Å²) >= 11 is 6.66. The fourth-order valence-electron chi connectivity index (χ4n) is 1.82. The first-order valence-electron chi connectivity index (χ1n) is 7.25. The highest BCUT2D eigenvalue weighted by Crippen LogP contribution is 2.18. The normalized spacial score (nSPS) is 9.84. The minimum absolute atomic E-state index is 0.150. The lowest BCUT2D eigenvalue weighted by molar-refractivity contribution is -0.0757. The Hall–Kier alpha value is -1.70. The molecule has 2 rings (SSSR count). The Bertz CT molecular complexity index is 778. The molecular weight excluding hydrogens is 454 g/mol. The molecule has 0 bridgehead atoms. The third kappa shape index (κ3) is 6.26. The molecular formula is C18H19Br2NO4. The number of aromatic carboxylic acids is 1. The lowest BCUT2D eigenvalue weighted by atomic mass is 10.1. The highest BCUT2D eigenvalue weighted by Gasteiger charge is 2.11. The third-order valence-corrected chi connectivity index (χ3v) is 5.15. The standard InChI is InChI=1S/C10H12BrNO2.C8H7BrO2/c1-7-6-8(4-5-9(7)11)10(13)12(2)14-3;1-5-4-6(8(10)11)2-3-7(5)9/h4-6H,1-3H3;2-4H,1H3,(H,10,11). The molecule has 2 aromatic carbocycles. The van der Waals surface area contributed by atoms with E-state index in [-0.39, 0.29) is 5.91 Å². The Balaban J connectivity index is 0.000000257. The van der Waals surface area contributed by atoms with Crippen LogP contribution in [0.2, 0.25) is 0 Å². The number of aryl methyl sites for hydroxylation is 2. The molecule has 0 spiro atoms. The number of halogens is 2. The molecule has 0 heterocycles. The Labute approximate surface area is 163 Å². The Kier molecular flexibility index (Phi) is 8.28. The van der Waals surface area contributed by atoms with Crippen LogP contribution in [-0.2, 0) is 4.84 Å². The molecule has 0 unspecified atom stereocenters. The monoisotopic (exact) mass is 471 g/mol. The average molecular weight is 473 g/mol. The molecule has 0 saturated carbocycles. The van der Waals surface area contributed by atoms with Gasteiger partial charge in [-0.1, -0.05) is 31.9 Å². The van der Waals surface area contributed by atoms with Crippen molar-refractivity contribution >= 4 is 43.7 Å². The minimum atomic E-state index is -0.888. The molecule has 0 aromatic heterocycles. The van der Waals surface area contributed by atoms with Crippen molar-refractivity contribution in [3.05, 3.63) is 67.6 Å². The summed E-state index contributed by atoms with van der Waals surface area (Å²) in [5.74, 6) is -1.04. The van der Waals surface area contributed by atoms with Gasteiger partial charge in [-0.15, -0.1) is 0 Å². The van der Waals surface area contributed by atoms with Crippen LogP contribution in [-0.4, -0.2) is 36.2 Å². The summed E-state index contributed by atoms with van der Waals surface area (Å²) in [5, 5.41) is 9.78. The van der Waals surface area contributed by atoms with Crippen molar-refractivity contribution in [2.75, 3.05) is 14.2 Å². The molecule has 0 aliphatic carbocycles. The molecule has 25 heavy (non-hydrogen) atoms. The quantitative estimate of drug-likeness (QED) is 0.648. The number of rotatable bonds is 3. The van der Waals surface area contributed by atoms with Gasteiger partial charge in [0.1, 0.15) is 0 Å². The lowest BCUT2D eigenvalue weighted by Gasteiger charge is -2.13. The van der Waals surface area contributed by atoms with Crippen molar-refractivity contribution in [3.8, 4) is 0 Å². The number of hydrogen-bond acceptors (Lipinski definition) is 3. The largest absolute Gasteiger partial charge is 0.478 e. The van der Waals surface area contributed by atoms with E-state index in [1.165, 1.54) is 12.2 Å². The third-order valence-electron chi connectivity index (χ3n) is 3.37. The van der Waals surface area contributed by atoms with Gasteiger partial charge in [0, 0.05) is 21.6 Å². The minimum Gasteiger partial charge on any atom is -0.478 e. The van der Waals surface area contributed by atoms with Gasteiger partial charge in [0.25, 0.3) is 5.91 Å². The van der Waals surface area contributed by atoms with Crippen molar-refractivity contribution in [3.63, 3.8) is 0 Å². The van der Waals surface area contributed by atoms with Gasteiger partial charge in [-0.2, -0.15) is 0 Å². The summed E-state index contributed by atoms with van der Waals surface area (Å²) in [7, 11) is 3.04. The molecule has 0 aliphatic heterocycles. The zero-order chi connectivity index (χ0) is 19.1. The van der Waals surface area contributed by atoms with Crippen molar-refractivity contribution in [1.29, 1.82) is 0 Å². The predicted molar refractivity (Wildman–Crippen MR) is 104 cm³/mol. The smallest absolute Gasteiger partial charge is 0.335 e. The summed E-state index contributed by atoms with van der Waals surface area (Å²) in [5.41, 5.74) is 2.91. The second kappa shape index (κ2) is 9.70. The Morgan fingerprint density at radius 1 is 0.960 bits per heavy atom. The maximum Gasteiger partial charge on any atom is 0.335 e. The zero-order valence-corrected chi connectivity index (χ0v) is 17.5. The van der Waals surface area contributed by atoms with E-state index in [4.69, 9.17) is 9.94 Å². The SMILES string of the molecule is CON(C)C(=O)c1ccc(Br)c(C)c1.Cc1cc(C(=O)O)ccc1Br. The number of hydrogen-bond donors (Lipinski definition) is 1. The van der Waals surface area contributed by atoms with Gasteiger partial charge in [-0.3, -0.25) is 9.63 Å². The lowest BCUT2D eigenvalue weighted by Crippen LogP contribution is -2.25. The van der Waals surface area contributed by atoms with Crippen LogP contribution < -0.4 is 0 Å². The number of hydroxylamine groups is 2. The van der Waals surface area contributed by atoms with E-state index in [1.54, 1.807) is 31.3 Å². The van der Waals surface area contributed by atoms with E-state index in [1.807, 2.05) is 26.0 Å². The fourth-order valence-corrected chi connectivity index (χ4v) is 2.31. The molecule has 0 aliphatic rings. The molecule has 0 atom stereocenters. The van der Waals surface area contributed by atoms with Gasteiger partial charge in [0.05, 0.1) is 12.7 Å². The van der Waals surface area contributed by atoms with Gasteiger partial charge in [0.15, 0.2) is 0 Å². The molecule has 0 radical (unpaired) electrons. The van der Waals surface area contributed by atoms with Crippen LogP contribution in [0, 0.1) is 13.8 Å². The van der Waals surface area contributed by atoms with Gasteiger partial charge in [0.2, 0.25) is 0 Å². The van der Waals surface area contributed by atoms with E-state index in [0.717, 1.165) is 20.1 Å². The predicted octanol–water partition coefficient (Wildman–Crippen LogP) is 4.85. The van der Waals surface area contributed by atoms with Crippen molar-refractivity contribution in [2.45, 2.75) is 13.8 Å². The topological polar surface area (TPSA) is 66.8 Å². The second-order valence-electron chi connectivity index (χ2n) is 5.22. The number of carboxylic acids is 1. The van der Waals surface area contributed by atoms with Crippen molar-refractivity contribution in [2.24, 2.45) is 0 Å². The highest BCUT2D eigenvalue weighted by atomic mass is 79.9. The summed E-state index contributed by atoms with van der Waals surface area (Å²) in [6.45, 7) is 3.80. The van der Waals surface area contributed by atoms with Crippen LogP contribution in [0.3, 0.4) is 0 Å². The Morgan fingerprint density at radius 2 is 1.40 bits per heavy atom. The number of nitrogens with zero attached hydrogens (tertiary/aromatic N) is 1. The molecule has 7 heteroatoms. The highest BCUT2D eigenvalue weighted by molar-refractivity contribution is 9.10. The van der Waals surface area contributed by atoms with Gasteiger partial charge >= 0.3 is 5.97 Å². The number of benzene rings is 2. The van der Waals surface area contributed by atoms with E-state index in [0.29, 0.717) is 11.1 Å². The maximum atomic E-state index is 11.6. The fraction of sp³-hybridized carbons (Fsp3) is 0.222. The molecule has 134 valence electrons. The van der Waals surface area contributed by atoms with E-state index >= 15 is 0 Å². The van der Waals surface area contributed by atoms with Gasteiger partial charge in [-0.05, 0) is 61.4 Å². The zero-order valence-electron chi connectivity index (χ0n) is 14.3. The number of carboxylic acid groups (broad SMARTS) is 1. The summed E-state index contributed by atoms with van der Waals surface area (Å²) in [6, 6.07) is 10.4. The summed E-state index contributed by atoms with van der Waals surface area (Å²) in [6.07, 6.45) is 0. The van der Waals surface area contributed by atoms with E-state index in [2.05, 4.69) is 31.9 Å². The Morgan fingerprint density at radius 3 is 1.80 bits per heavy atom. The average Bonchev–Trinajstić information content (AvgIpc) is 2.58. The molecule has 1 amide bonds. The van der Waals surface area contributed by atoms with E-state index < -0.39 is 5.97 Å². The molecule has 0 fully saturated rings. The van der Waals surface area contributed by atoms with Crippen LogP contribution in [0.15, 0.2) is 45.3 Å². The summed E-state index contributed by atoms with van der Waals surface area (Å²) < 4.78 is 1.93. The van der Waals surface area contributed by atoms with Crippen LogP contribution in [0.1, 0.15) is 31.8 Å².